The summed E-state index contributed by atoms with van der Waals surface area (Å²) >= 11 is 0. The summed E-state index contributed by atoms with van der Waals surface area (Å²) in [5, 5.41) is 10.4. The molecule has 2 rings (SSSR count). The lowest BCUT2D eigenvalue weighted by atomic mass is 9.86. The largest absolute Gasteiger partial charge is 0.497 e. The van der Waals surface area contributed by atoms with Crippen LogP contribution < -0.4 is 9.47 Å². The predicted octanol–water partition coefficient (Wildman–Crippen LogP) is 4.13. The van der Waals surface area contributed by atoms with Crippen molar-refractivity contribution in [1.29, 1.82) is 0 Å². The number of hydrogen-bond acceptors (Lipinski definition) is 4. The fraction of sp³-hybridized carbons (Fsp3) is 0.714. The van der Waals surface area contributed by atoms with Gasteiger partial charge in [0.1, 0.15) is 24.2 Å². The highest BCUT2D eigenvalue weighted by Crippen LogP contribution is 2.34. The highest BCUT2D eigenvalue weighted by molar-refractivity contribution is 5.85. The van der Waals surface area contributed by atoms with E-state index in [4.69, 9.17) is 9.47 Å². The van der Waals surface area contributed by atoms with Crippen LogP contribution in [0.4, 0.5) is 0 Å². The second kappa shape index (κ2) is 9.82. The molecule has 26 heavy (non-hydrogen) atoms. The Morgan fingerprint density at radius 1 is 1.19 bits per heavy atom. The van der Waals surface area contributed by atoms with Crippen molar-refractivity contribution in [3.63, 3.8) is 0 Å². The molecule has 5 heteroatoms. The lowest BCUT2D eigenvalue weighted by molar-refractivity contribution is 0.0424. The van der Waals surface area contributed by atoms with Crippen LogP contribution in [0.25, 0.3) is 0 Å². The molecule has 0 amide bonds. The van der Waals surface area contributed by atoms with E-state index in [-0.39, 0.29) is 17.8 Å². The Morgan fingerprint density at radius 2 is 1.81 bits per heavy atom. The van der Waals surface area contributed by atoms with Crippen molar-refractivity contribution in [2.45, 2.75) is 52.6 Å². The van der Waals surface area contributed by atoms with Gasteiger partial charge in [0.2, 0.25) is 0 Å². The van der Waals surface area contributed by atoms with Crippen LogP contribution in [0.5, 0.6) is 11.5 Å². The summed E-state index contributed by atoms with van der Waals surface area (Å²) in [6, 6.07) is 5.87. The summed E-state index contributed by atoms with van der Waals surface area (Å²) in [5.41, 5.74) is 1.05. The molecule has 4 nitrogen and oxygen atoms in total. The number of halogens is 1. The molecule has 1 aliphatic heterocycles. The number of methoxy groups -OCH3 is 1. The molecule has 150 valence electrons. The number of hydrogen-bond donors (Lipinski definition) is 1. The SMILES string of the molecule is COc1ccc(OCC(O)CN2CC(C)CC(C)C2)c(C(C)(C)C)c1.Cl. The number of aliphatic hydroxyl groups excluding tert-OH is 1. The van der Waals surface area contributed by atoms with Crippen LogP contribution in [0.3, 0.4) is 0 Å². The van der Waals surface area contributed by atoms with Gasteiger partial charge in [0.15, 0.2) is 0 Å². The number of nitrogens with zero attached hydrogens (tertiary/aromatic N) is 1. The van der Waals surface area contributed by atoms with Crippen LogP contribution in [0, 0.1) is 11.8 Å². The minimum Gasteiger partial charge on any atom is -0.497 e. The standard InChI is InChI=1S/C21H35NO3.ClH/c1-15-9-16(2)12-22(11-15)13-17(23)14-25-20-8-7-18(24-6)10-19(20)21(3,4)5;/h7-8,10,15-17,23H,9,11-14H2,1-6H3;1H. The number of ether oxygens (including phenoxy) is 2. The molecule has 0 saturated carbocycles. The summed E-state index contributed by atoms with van der Waals surface area (Å²) in [6.45, 7) is 14.2. The fourth-order valence-corrected chi connectivity index (χ4v) is 3.83. The van der Waals surface area contributed by atoms with Gasteiger partial charge in [-0.1, -0.05) is 34.6 Å². The van der Waals surface area contributed by atoms with Gasteiger partial charge in [-0.25, -0.2) is 0 Å². The number of β-amino-alcohol motifs (C(OH)–C–C–N with tert-alkyl or cyclic N) is 1. The maximum atomic E-state index is 10.4. The quantitative estimate of drug-likeness (QED) is 0.799. The highest BCUT2D eigenvalue weighted by Gasteiger charge is 2.24. The van der Waals surface area contributed by atoms with Gasteiger partial charge in [0.25, 0.3) is 0 Å². The van der Waals surface area contributed by atoms with Crippen molar-refractivity contribution in [1.82, 2.24) is 4.90 Å². The van der Waals surface area contributed by atoms with E-state index in [0.717, 1.165) is 30.2 Å². The minimum absolute atomic E-state index is 0. The second-order valence-corrected chi connectivity index (χ2v) is 8.74. The lowest BCUT2D eigenvalue weighted by Crippen LogP contribution is -2.44. The average Bonchev–Trinajstić information content (AvgIpc) is 2.50. The number of aliphatic hydroxyl groups is 1. The summed E-state index contributed by atoms with van der Waals surface area (Å²) in [4.78, 5) is 2.37. The van der Waals surface area contributed by atoms with Gasteiger partial charge in [-0.3, -0.25) is 0 Å². The van der Waals surface area contributed by atoms with Crippen molar-refractivity contribution in [2.75, 3.05) is 33.4 Å². The maximum Gasteiger partial charge on any atom is 0.123 e. The highest BCUT2D eigenvalue weighted by atomic mass is 35.5. The van der Waals surface area contributed by atoms with Gasteiger partial charge >= 0.3 is 0 Å². The van der Waals surface area contributed by atoms with Gasteiger partial charge in [-0.15, -0.1) is 12.4 Å². The van der Waals surface area contributed by atoms with Crippen molar-refractivity contribution < 1.29 is 14.6 Å². The molecule has 1 aromatic carbocycles. The topological polar surface area (TPSA) is 41.9 Å². The number of piperidine rings is 1. The second-order valence-electron chi connectivity index (χ2n) is 8.74. The molecule has 0 aromatic heterocycles. The molecule has 1 aromatic rings. The average molecular weight is 386 g/mol. The molecule has 1 fully saturated rings. The Labute approximate surface area is 165 Å². The summed E-state index contributed by atoms with van der Waals surface area (Å²) in [5.74, 6) is 3.05. The first kappa shape index (κ1) is 23.1. The third-order valence-corrected chi connectivity index (χ3v) is 4.84. The molecule has 1 N–H and O–H groups in total. The Hall–Kier alpha value is -0.970. The molecule has 3 atom stereocenters. The minimum atomic E-state index is -0.479. The molecule has 3 unspecified atom stereocenters. The summed E-state index contributed by atoms with van der Waals surface area (Å²) in [6.07, 6.45) is 0.802. The molecule has 0 radical (unpaired) electrons. The number of benzene rings is 1. The molecule has 1 saturated heterocycles. The van der Waals surface area contributed by atoms with Crippen molar-refractivity contribution in [2.24, 2.45) is 11.8 Å². The molecule has 1 heterocycles. The zero-order valence-corrected chi connectivity index (χ0v) is 17.9. The summed E-state index contributed by atoms with van der Waals surface area (Å²) in [7, 11) is 1.67. The van der Waals surface area contributed by atoms with Crippen LogP contribution in [-0.4, -0.2) is 49.5 Å². The Bertz CT molecular complexity index is 549. The van der Waals surface area contributed by atoms with Crippen molar-refractivity contribution in [3.8, 4) is 11.5 Å². The van der Waals surface area contributed by atoms with Crippen LogP contribution in [0.2, 0.25) is 0 Å². The van der Waals surface area contributed by atoms with Crippen LogP contribution in [0.15, 0.2) is 18.2 Å². The zero-order valence-electron chi connectivity index (χ0n) is 17.1. The molecular weight excluding hydrogens is 350 g/mol. The van der Waals surface area contributed by atoms with E-state index in [1.807, 2.05) is 18.2 Å². The van der Waals surface area contributed by atoms with E-state index < -0.39 is 6.10 Å². The van der Waals surface area contributed by atoms with Gasteiger partial charge in [-0.05, 0) is 41.9 Å². The zero-order chi connectivity index (χ0) is 18.6. The van der Waals surface area contributed by atoms with E-state index in [2.05, 4.69) is 39.5 Å². The van der Waals surface area contributed by atoms with Gasteiger partial charge in [0.05, 0.1) is 7.11 Å². The predicted molar refractivity (Wildman–Crippen MR) is 110 cm³/mol. The van der Waals surface area contributed by atoms with Gasteiger partial charge in [-0.2, -0.15) is 0 Å². The lowest BCUT2D eigenvalue weighted by Gasteiger charge is -2.36. The molecular formula is C21H36ClNO3. The Kier molecular flexibility index (Phi) is 8.71. The normalized spacial score (nSPS) is 22.4. The Morgan fingerprint density at radius 3 is 2.35 bits per heavy atom. The van der Waals surface area contributed by atoms with Gasteiger partial charge in [0, 0.05) is 25.2 Å². The fourth-order valence-electron chi connectivity index (χ4n) is 3.83. The molecule has 0 bridgehead atoms. The van der Waals surface area contributed by atoms with E-state index in [1.165, 1.54) is 6.42 Å². The van der Waals surface area contributed by atoms with Crippen LogP contribution >= 0.6 is 12.4 Å². The first-order valence-electron chi connectivity index (χ1n) is 9.40. The van der Waals surface area contributed by atoms with E-state index in [9.17, 15) is 5.11 Å². The molecule has 0 aliphatic carbocycles. The van der Waals surface area contributed by atoms with Crippen LogP contribution in [0.1, 0.15) is 46.6 Å². The van der Waals surface area contributed by atoms with E-state index in [1.54, 1.807) is 7.11 Å². The third-order valence-electron chi connectivity index (χ3n) is 4.84. The molecule has 1 aliphatic rings. The van der Waals surface area contributed by atoms with E-state index >= 15 is 0 Å². The first-order valence-corrected chi connectivity index (χ1v) is 9.40. The van der Waals surface area contributed by atoms with Gasteiger partial charge < -0.3 is 19.5 Å². The number of rotatable bonds is 6. The monoisotopic (exact) mass is 385 g/mol. The molecule has 0 spiro atoms. The first-order chi connectivity index (χ1) is 11.7. The third kappa shape index (κ3) is 6.64. The van der Waals surface area contributed by atoms with Crippen molar-refractivity contribution in [3.05, 3.63) is 23.8 Å². The Balaban J connectivity index is 0.00000338. The maximum absolute atomic E-state index is 10.4. The number of likely N-dealkylation sites (tertiary alicyclic amines) is 1. The van der Waals surface area contributed by atoms with E-state index in [0.29, 0.717) is 25.0 Å². The van der Waals surface area contributed by atoms with Crippen molar-refractivity contribution >= 4 is 12.4 Å². The summed E-state index contributed by atoms with van der Waals surface area (Å²) < 4.78 is 11.3. The van der Waals surface area contributed by atoms with Crippen LogP contribution in [-0.2, 0) is 5.41 Å². The smallest absolute Gasteiger partial charge is 0.123 e.